The maximum absolute atomic E-state index is 11.8. The minimum Gasteiger partial charge on any atom is -0.507 e. The van der Waals surface area contributed by atoms with Crippen LogP contribution in [0, 0.1) is 0 Å². The third-order valence-electron chi connectivity index (χ3n) is 2.41. The maximum Gasteiger partial charge on any atom is 0.185 e. The molecule has 84 valence electrons. The Morgan fingerprint density at radius 2 is 1.59 bits per heavy atom. The Hall–Kier alpha value is -2.35. The highest BCUT2D eigenvalue weighted by Gasteiger charge is 2.00. The zero-order chi connectivity index (χ0) is 12.1. The molecule has 0 saturated heterocycles. The third-order valence-corrected chi connectivity index (χ3v) is 2.41. The molecule has 0 radical (unpaired) electrons. The van der Waals surface area contributed by atoms with E-state index in [-0.39, 0.29) is 11.5 Å². The van der Waals surface area contributed by atoms with Crippen molar-refractivity contribution in [2.75, 3.05) is 0 Å². The molecular weight excluding hydrogens is 212 g/mol. The first-order valence-electron chi connectivity index (χ1n) is 5.33. The molecule has 0 fully saturated rings. The average Bonchev–Trinajstić information content (AvgIpc) is 2.38. The van der Waals surface area contributed by atoms with Gasteiger partial charge in [0, 0.05) is 11.1 Å². The van der Waals surface area contributed by atoms with Crippen LogP contribution >= 0.6 is 0 Å². The van der Waals surface area contributed by atoms with E-state index in [4.69, 9.17) is 0 Å². The van der Waals surface area contributed by atoms with Crippen molar-refractivity contribution >= 4 is 11.9 Å². The van der Waals surface area contributed by atoms with Crippen molar-refractivity contribution in [2.24, 2.45) is 0 Å². The Morgan fingerprint density at radius 1 is 0.941 bits per heavy atom. The summed E-state index contributed by atoms with van der Waals surface area (Å²) in [6, 6.07) is 15.9. The number of rotatable bonds is 3. The predicted octanol–water partition coefficient (Wildman–Crippen LogP) is 3.29. The fourth-order valence-electron chi connectivity index (χ4n) is 1.49. The van der Waals surface area contributed by atoms with Gasteiger partial charge in [-0.3, -0.25) is 4.79 Å². The van der Waals surface area contributed by atoms with E-state index in [9.17, 15) is 9.90 Å². The molecule has 0 amide bonds. The Bertz CT molecular complexity index is 542. The van der Waals surface area contributed by atoms with Crippen molar-refractivity contribution in [1.82, 2.24) is 0 Å². The van der Waals surface area contributed by atoms with Crippen molar-refractivity contribution in [3.63, 3.8) is 0 Å². The lowest BCUT2D eigenvalue weighted by molar-refractivity contribution is 0.104. The van der Waals surface area contributed by atoms with E-state index in [0.29, 0.717) is 11.1 Å². The summed E-state index contributed by atoms with van der Waals surface area (Å²) in [6.45, 7) is 0. The van der Waals surface area contributed by atoms with E-state index >= 15 is 0 Å². The molecule has 0 saturated carbocycles. The van der Waals surface area contributed by atoms with Crippen LogP contribution in [0.4, 0.5) is 0 Å². The summed E-state index contributed by atoms with van der Waals surface area (Å²) in [7, 11) is 0. The molecular formula is C15H12O2. The van der Waals surface area contributed by atoms with Crippen molar-refractivity contribution < 1.29 is 9.90 Å². The van der Waals surface area contributed by atoms with Crippen LogP contribution < -0.4 is 0 Å². The largest absolute Gasteiger partial charge is 0.507 e. The lowest BCUT2D eigenvalue weighted by Crippen LogP contribution is -1.92. The van der Waals surface area contributed by atoms with E-state index < -0.39 is 0 Å². The molecule has 1 N–H and O–H groups in total. The van der Waals surface area contributed by atoms with Gasteiger partial charge in [-0.1, -0.05) is 48.5 Å². The first-order chi connectivity index (χ1) is 8.27. The Morgan fingerprint density at radius 3 is 2.29 bits per heavy atom. The van der Waals surface area contributed by atoms with Gasteiger partial charge in [0.2, 0.25) is 0 Å². The molecule has 0 aliphatic heterocycles. The number of benzene rings is 2. The smallest absolute Gasteiger partial charge is 0.185 e. The molecule has 2 aromatic carbocycles. The summed E-state index contributed by atoms with van der Waals surface area (Å²) in [5.41, 5.74) is 1.27. The van der Waals surface area contributed by atoms with E-state index in [1.54, 1.807) is 36.4 Å². The number of hydrogen-bond donors (Lipinski definition) is 1. The molecule has 2 rings (SSSR count). The highest BCUT2D eigenvalue weighted by Crippen LogP contribution is 2.17. The third kappa shape index (κ3) is 2.82. The molecule has 0 aliphatic carbocycles. The van der Waals surface area contributed by atoms with Gasteiger partial charge in [-0.2, -0.15) is 0 Å². The van der Waals surface area contributed by atoms with Crippen LogP contribution in [0.1, 0.15) is 15.9 Å². The number of ketones is 1. The number of carbonyl (C=O) groups excluding carboxylic acids is 1. The quantitative estimate of drug-likeness (QED) is 0.641. The molecule has 0 bridgehead atoms. The summed E-state index contributed by atoms with van der Waals surface area (Å²) in [4.78, 5) is 11.8. The molecule has 0 heterocycles. The maximum atomic E-state index is 11.8. The number of allylic oxidation sites excluding steroid dienone is 1. The minimum absolute atomic E-state index is 0.0751. The van der Waals surface area contributed by atoms with Gasteiger partial charge in [0.25, 0.3) is 0 Å². The van der Waals surface area contributed by atoms with Gasteiger partial charge in [0.05, 0.1) is 0 Å². The predicted molar refractivity (Wildman–Crippen MR) is 67.9 cm³/mol. The summed E-state index contributed by atoms with van der Waals surface area (Å²) in [6.07, 6.45) is 3.08. The summed E-state index contributed by atoms with van der Waals surface area (Å²) in [5.74, 6) is 0.0958. The summed E-state index contributed by atoms with van der Waals surface area (Å²) in [5, 5.41) is 9.53. The zero-order valence-electron chi connectivity index (χ0n) is 9.21. The number of phenolic OH excluding ortho intramolecular Hbond substituents is 1. The lowest BCUT2D eigenvalue weighted by atomic mass is 10.1. The number of hydrogen-bond acceptors (Lipinski definition) is 2. The van der Waals surface area contributed by atoms with Gasteiger partial charge in [0.1, 0.15) is 5.75 Å². The van der Waals surface area contributed by atoms with Gasteiger partial charge < -0.3 is 5.11 Å². The molecule has 2 nitrogen and oxygen atoms in total. The van der Waals surface area contributed by atoms with Crippen LogP contribution in [0.15, 0.2) is 60.7 Å². The van der Waals surface area contributed by atoms with E-state index in [2.05, 4.69) is 0 Å². The molecule has 2 aromatic rings. The van der Waals surface area contributed by atoms with Crippen molar-refractivity contribution in [3.05, 3.63) is 71.8 Å². The molecule has 0 aromatic heterocycles. The van der Waals surface area contributed by atoms with Crippen LogP contribution in [0.2, 0.25) is 0 Å². The van der Waals surface area contributed by atoms with E-state index in [1.165, 1.54) is 6.08 Å². The topological polar surface area (TPSA) is 37.3 Å². The first kappa shape index (κ1) is 11.1. The van der Waals surface area contributed by atoms with Gasteiger partial charge in [-0.15, -0.1) is 0 Å². The molecule has 0 unspecified atom stereocenters. The van der Waals surface area contributed by atoms with Gasteiger partial charge >= 0.3 is 0 Å². The van der Waals surface area contributed by atoms with Gasteiger partial charge in [0.15, 0.2) is 5.78 Å². The normalized spacial score (nSPS) is 10.6. The SMILES string of the molecule is O=C(C=Cc1ccccc1O)c1ccccc1. The number of aromatic hydroxyl groups is 1. The first-order valence-corrected chi connectivity index (χ1v) is 5.33. The number of para-hydroxylation sites is 1. The van der Waals surface area contributed by atoms with Crippen molar-refractivity contribution in [1.29, 1.82) is 0 Å². The van der Waals surface area contributed by atoms with E-state index in [1.807, 2.05) is 24.3 Å². The molecule has 2 heteroatoms. The number of carbonyl (C=O) groups is 1. The Kier molecular flexibility index (Phi) is 3.36. The van der Waals surface area contributed by atoms with E-state index in [0.717, 1.165) is 0 Å². The highest BCUT2D eigenvalue weighted by molar-refractivity contribution is 6.06. The average molecular weight is 224 g/mol. The second-order valence-electron chi connectivity index (χ2n) is 3.62. The molecule has 0 atom stereocenters. The van der Waals surface area contributed by atoms with Crippen LogP contribution in [0.5, 0.6) is 5.75 Å². The Labute approximate surface area is 99.8 Å². The zero-order valence-corrected chi connectivity index (χ0v) is 9.21. The molecule has 17 heavy (non-hydrogen) atoms. The fraction of sp³-hybridized carbons (Fsp3) is 0. The second kappa shape index (κ2) is 5.12. The summed E-state index contributed by atoms with van der Waals surface area (Å²) >= 11 is 0. The molecule has 0 spiro atoms. The summed E-state index contributed by atoms with van der Waals surface area (Å²) < 4.78 is 0. The van der Waals surface area contributed by atoms with Crippen LogP contribution in [0.3, 0.4) is 0 Å². The van der Waals surface area contributed by atoms with Crippen molar-refractivity contribution in [2.45, 2.75) is 0 Å². The molecule has 0 aliphatic rings. The number of phenols is 1. The Balaban J connectivity index is 2.17. The minimum atomic E-state index is -0.0751. The van der Waals surface area contributed by atoms with Gasteiger partial charge in [-0.05, 0) is 18.2 Å². The lowest BCUT2D eigenvalue weighted by Gasteiger charge is -1.97. The standard InChI is InChI=1S/C15H12O2/c16-14-9-5-4-8-13(14)10-11-15(17)12-6-2-1-3-7-12/h1-11,16H. The van der Waals surface area contributed by atoms with Crippen molar-refractivity contribution in [3.8, 4) is 5.75 Å². The highest BCUT2D eigenvalue weighted by atomic mass is 16.3. The van der Waals surface area contributed by atoms with Crippen LogP contribution in [-0.4, -0.2) is 10.9 Å². The second-order valence-corrected chi connectivity index (χ2v) is 3.62. The fourth-order valence-corrected chi connectivity index (χ4v) is 1.49. The monoisotopic (exact) mass is 224 g/mol. The van der Waals surface area contributed by atoms with Gasteiger partial charge in [-0.25, -0.2) is 0 Å². The van der Waals surface area contributed by atoms with Crippen LogP contribution in [-0.2, 0) is 0 Å². The van der Waals surface area contributed by atoms with Crippen LogP contribution in [0.25, 0.3) is 6.08 Å².